The number of hydrogen-bond donors (Lipinski definition) is 2. The van der Waals surface area contributed by atoms with Gasteiger partial charge in [0.2, 0.25) is 0 Å². The summed E-state index contributed by atoms with van der Waals surface area (Å²) < 4.78 is 5.76. The van der Waals surface area contributed by atoms with E-state index in [-0.39, 0.29) is 6.10 Å². The Morgan fingerprint density at radius 2 is 1.77 bits per heavy atom. The van der Waals surface area contributed by atoms with Gasteiger partial charge in [-0.2, -0.15) is 0 Å². The Morgan fingerprint density at radius 1 is 1.14 bits per heavy atom. The first-order valence-electron chi connectivity index (χ1n) is 7.40. The van der Waals surface area contributed by atoms with Gasteiger partial charge in [-0.15, -0.1) is 0 Å². The SMILES string of the molecule is Cc1cc(C)cc(NC(N)=NCC(C)Oc2ccccc2)c1. The third kappa shape index (κ3) is 5.13. The van der Waals surface area contributed by atoms with Crippen LogP contribution in [0.4, 0.5) is 5.69 Å². The van der Waals surface area contributed by atoms with Gasteiger partial charge in [0.1, 0.15) is 11.9 Å². The van der Waals surface area contributed by atoms with Crippen LogP contribution in [0, 0.1) is 13.8 Å². The van der Waals surface area contributed by atoms with Crippen LogP contribution in [0.25, 0.3) is 0 Å². The molecule has 1 unspecified atom stereocenters. The summed E-state index contributed by atoms with van der Waals surface area (Å²) in [5.41, 5.74) is 9.27. The van der Waals surface area contributed by atoms with Crippen LogP contribution in [0.5, 0.6) is 5.75 Å². The summed E-state index contributed by atoms with van der Waals surface area (Å²) in [6.45, 7) is 6.59. The highest BCUT2D eigenvalue weighted by Gasteiger charge is 2.03. The first kappa shape index (κ1) is 15.9. The number of aryl methyl sites for hydroxylation is 2. The van der Waals surface area contributed by atoms with E-state index < -0.39 is 0 Å². The minimum atomic E-state index is -0.0398. The van der Waals surface area contributed by atoms with Crippen molar-refractivity contribution in [3.8, 4) is 5.75 Å². The maximum atomic E-state index is 5.93. The van der Waals surface area contributed by atoms with Gasteiger partial charge in [0.15, 0.2) is 5.96 Å². The zero-order valence-electron chi connectivity index (χ0n) is 13.3. The predicted molar refractivity (Wildman–Crippen MR) is 92.6 cm³/mol. The highest BCUT2D eigenvalue weighted by Crippen LogP contribution is 2.13. The number of benzene rings is 2. The highest BCUT2D eigenvalue weighted by molar-refractivity contribution is 5.92. The molecule has 4 heteroatoms. The van der Waals surface area contributed by atoms with Crippen molar-refractivity contribution in [1.29, 1.82) is 0 Å². The average molecular weight is 297 g/mol. The Hall–Kier alpha value is -2.49. The van der Waals surface area contributed by atoms with Crippen LogP contribution in [0.2, 0.25) is 0 Å². The Morgan fingerprint density at radius 3 is 2.41 bits per heavy atom. The van der Waals surface area contributed by atoms with Crippen LogP contribution in [0.3, 0.4) is 0 Å². The minimum Gasteiger partial charge on any atom is -0.489 e. The fraction of sp³-hybridized carbons (Fsp3) is 0.278. The maximum Gasteiger partial charge on any atom is 0.193 e. The molecule has 0 heterocycles. The second kappa shape index (κ2) is 7.50. The molecule has 0 aromatic heterocycles. The molecule has 0 aliphatic carbocycles. The summed E-state index contributed by atoms with van der Waals surface area (Å²) >= 11 is 0. The van der Waals surface area contributed by atoms with Gasteiger partial charge in [0.25, 0.3) is 0 Å². The zero-order chi connectivity index (χ0) is 15.9. The van der Waals surface area contributed by atoms with E-state index in [0.29, 0.717) is 12.5 Å². The number of nitrogens with one attached hydrogen (secondary N) is 1. The smallest absolute Gasteiger partial charge is 0.193 e. The van der Waals surface area contributed by atoms with Gasteiger partial charge in [-0.3, -0.25) is 0 Å². The molecule has 0 saturated carbocycles. The van der Waals surface area contributed by atoms with Gasteiger partial charge >= 0.3 is 0 Å². The Balaban J connectivity index is 1.89. The molecule has 0 spiro atoms. The molecule has 0 fully saturated rings. The van der Waals surface area contributed by atoms with Crippen molar-refractivity contribution in [3.05, 3.63) is 59.7 Å². The molecule has 2 rings (SSSR count). The Kier molecular flexibility index (Phi) is 5.42. The van der Waals surface area contributed by atoms with Gasteiger partial charge in [-0.1, -0.05) is 24.3 Å². The fourth-order valence-electron chi connectivity index (χ4n) is 2.23. The normalized spacial score (nSPS) is 12.8. The van der Waals surface area contributed by atoms with Gasteiger partial charge in [-0.05, 0) is 56.2 Å². The Labute approximate surface area is 132 Å². The molecule has 0 aliphatic rings. The zero-order valence-corrected chi connectivity index (χ0v) is 13.3. The van der Waals surface area contributed by atoms with Crippen molar-refractivity contribution in [2.24, 2.45) is 10.7 Å². The molecule has 116 valence electrons. The molecule has 0 radical (unpaired) electrons. The van der Waals surface area contributed by atoms with Crippen molar-refractivity contribution in [2.45, 2.75) is 26.9 Å². The summed E-state index contributed by atoms with van der Waals surface area (Å²) in [7, 11) is 0. The van der Waals surface area contributed by atoms with E-state index in [9.17, 15) is 0 Å². The topological polar surface area (TPSA) is 59.6 Å². The van der Waals surface area contributed by atoms with Crippen LogP contribution < -0.4 is 15.8 Å². The number of guanidine groups is 1. The number of nitrogens with two attached hydrogens (primary N) is 1. The van der Waals surface area contributed by atoms with Gasteiger partial charge in [0.05, 0.1) is 6.54 Å². The third-order valence-electron chi connectivity index (χ3n) is 3.09. The fourth-order valence-corrected chi connectivity index (χ4v) is 2.23. The van der Waals surface area contributed by atoms with Crippen molar-refractivity contribution < 1.29 is 4.74 Å². The molecule has 1 atom stereocenters. The summed E-state index contributed by atoms with van der Waals surface area (Å²) in [6, 6.07) is 15.9. The molecule has 0 amide bonds. The van der Waals surface area contributed by atoms with E-state index in [1.54, 1.807) is 0 Å². The molecule has 0 aliphatic heterocycles. The van der Waals surface area contributed by atoms with Gasteiger partial charge in [-0.25, -0.2) is 4.99 Å². The maximum absolute atomic E-state index is 5.93. The molecular weight excluding hydrogens is 274 g/mol. The van der Waals surface area contributed by atoms with E-state index in [4.69, 9.17) is 10.5 Å². The van der Waals surface area contributed by atoms with Gasteiger partial charge < -0.3 is 15.8 Å². The number of ether oxygens (including phenoxy) is 1. The van der Waals surface area contributed by atoms with Crippen molar-refractivity contribution >= 4 is 11.6 Å². The number of hydrogen-bond acceptors (Lipinski definition) is 2. The molecule has 4 nitrogen and oxygen atoms in total. The standard InChI is InChI=1S/C18H23N3O/c1-13-9-14(2)11-16(10-13)21-18(19)20-12-15(3)22-17-7-5-4-6-8-17/h4-11,15H,12H2,1-3H3,(H3,19,20,21). The van der Waals surface area contributed by atoms with Crippen molar-refractivity contribution in [2.75, 3.05) is 11.9 Å². The second-order valence-electron chi connectivity index (χ2n) is 5.47. The third-order valence-corrected chi connectivity index (χ3v) is 3.09. The summed E-state index contributed by atoms with van der Waals surface area (Å²) in [4.78, 5) is 4.33. The number of nitrogens with zero attached hydrogens (tertiary/aromatic N) is 1. The van der Waals surface area contributed by atoms with Gasteiger partial charge in [0, 0.05) is 5.69 Å². The minimum absolute atomic E-state index is 0.0398. The van der Waals surface area contributed by atoms with Crippen LogP contribution in [-0.4, -0.2) is 18.6 Å². The number of aliphatic imine (C=N–C) groups is 1. The molecular formula is C18H23N3O. The quantitative estimate of drug-likeness (QED) is 0.656. The van der Waals surface area contributed by atoms with E-state index >= 15 is 0 Å². The molecule has 0 saturated heterocycles. The lowest BCUT2D eigenvalue weighted by atomic mass is 10.1. The molecule has 2 aromatic carbocycles. The second-order valence-corrected chi connectivity index (χ2v) is 5.47. The largest absolute Gasteiger partial charge is 0.489 e. The summed E-state index contributed by atoms with van der Waals surface area (Å²) in [6.07, 6.45) is -0.0398. The van der Waals surface area contributed by atoms with Crippen LogP contribution in [-0.2, 0) is 0 Å². The summed E-state index contributed by atoms with van der Waals surface area (Å²) in [5.74, 6) is 1.24. The highest BCUT2D eigenvalue weighted by atomic mass is 16.5. The number of rotatable bonds is 5. The monoisotopic (exact) mass is 297 g/mol. The first-order valence-corrected chi connectivity index (χ1v) is 7.40. The lowest BCUT2D eigenvalue weighted by molar-refractivity contribution is 0.230. The first-order chi connectivity index (χ1) is 10.5. The van der Waals surface area contributed by atoms with Crippen molar-refractivity contribution in [1.82, 2.24) is 0 Å². The van der Waals surface area contributed by atoms with Crippen LogP contribution >= 0.6 is 0 Å². The van der Waals surface area contributed by atoms with E-state index in [0.717, 1.165) is 11.4 Å². The van der Waals surface area contributed by atoms with E-state index in [1.807, 2.05) is 49.4 Å². The number of anilines is 1. The Bertz CT molecular complexity index is 618. The summed E-state index contributed by atoms with van der Waals surface area (Å²) in [5, 5.41) is 3.11. The predicted octanol–water partition coefficient (Wildman–Crippen LogP) is 3.50. The lowest BCUT2D eigenvalue weighted by Crippen LogP contribution is -2.25. The van der Waals surface area contributed by atoms with Crippen LogP contribution in [0.1, 0.15) is 18.1 Å². The lowest BCUT2D eigenvalue weighted by Gasteiger charge is -2.13. The average Bonchev–Trinajstić information content (AvgIpc) is 2.45. The van der Waals surface area contributed by atoms with Crippen molar-refractivity contribution in [3.63, 3.8) is 0 Å². The number of para-hydroxylation sites is 1. The molecule has 3 N–H and O–H groups in total. The molecule has 0 bridgehead atoms. The van der Waals surface area contributed by atoms with Crippen LogP contribution in [0.15, 0.2) is 53.5 Å². The molecule has 22 heavy (non-hydrogen) atoms. The van der Waals surface area contributed by atoms with E-state index in [2.05, 4.69) is 30.2 Å². The molecule has 2 aromatic rings. The van der Waals surface area contributed by atoms with E-state index in [1.165, 1.54) is 11.1 Å².